The summed E-state index contributed by atoms with van der Waals surface area (Å²) in [5.41, 5.74) is 0.915. The van der Waals surface area contributed by atoms with Crippen LogP contribution in [0.2, 0.25) is 5.02 Å². The number of halogens is 1. The fourth-order valence-corrected chi connectivity index (χ4v) is 5.86. The summed E-state index contributed by atoms with van der Waals surface area (Å²) in [5, 5.41) is 0.461. The Bertz CT molecular complexity index is 1430. The zero-order valence-electron chi connectivity index (χ0n) is 18.9. The molecule has 0 saturated carbocycles. The highest BCUT2D eigenvalue weighted by Gasteiger charge is 2.74. The van der Waals surface area contributed by atoms with Crippen molar-refractivity contribution in [1.82, 2.24) is 0 Å². The van der Waals surface area contributed by atoms with E-state index in [-0.39, 0.29) is 11.1 Å². The molecule has 0 radical (unpaired) electrons. The Hall–Kier alpha value is -3.61. The number of ketones is 2. The van der Waals surface area contributed by atoms with Gasteiger partial charge < -0.3 is 4.74 Å². The van der Waals surface area contributed by atoms with Gasteiger partial charge in [0.2, 0.25) is 29.0 Å². The summed E-state index contributed by atoms with van der Waals surface area (Å²) in [4.78, 5) is 56.4. The van der Waals surface area contributed by atoms with Crippen LogP contribution in [0.15, 0.2) is 66.7 Å². The predicted molar refractivity (Wildman–Crippen MR) is 129 cm³/mol. The van der Waals surface area contributed by atoms with Crippen molar-refractivity contribution < 1.29 is 23.9 Å². The lowest BCUT2D eigenvalue weighted by Crippen LogP contribution is -2.51. The maximum atomic E-state index is 13.9. The molecule has 6 rings (SSSR count). The molecular formula is C28H20ClNO5. The Morgan fingerprint density at radius 1 is 0.800 bits per heavy atom. The highest BCUT2D eigenvalue weighted by atomic mass is 35.5. The number of carbonyl (C=O) groups is 4. The minimum Gasteiger partial charge on any atom is -0.349 e. The van der Waals surface area contributed by atoms with Crippen LogP contribution in [0.25, 0.3) is 0 Å². The van der Waals surface area contributed by atoms with Crippen LogP contribution >= 0.6 is 11.6 Å². The lowest BCUT2D eigenvalue weighted by Gasteiger charge is -2.27. The van der Waals surface area contributed by atoms with Crippen molar-refractivity contribution in [3.05, 3.63) is 99.6 Å². The number of aryl methyl sites for hydroxylation is 1. The van der Waals surface area contributed by atoms with Crippen LogP contribution in [0.4, 0.5) is 5.69 Å². The minimum atomic E-state index is -2.10. The molecule has 1 spiro atoms. The molecule has 3 aliphatic rings. The number of imide groups is 1. The molecule has 3 aromatic rings. The summed E-state index contributed by atoms with van der Waals surface area (Å²) in [7, 11) is 0. The predicted octanol–water partition coefficient (Wildman–Crippen LogP) is 4.65. The molecule has 0 bridgehead atoms. The molecule has 3 aromatic carbocycles. The molecule has 2 saturated heterocycles. The first-order valence-corrected chi connectivity index (χ1v) is 11.7. The van der Waals surface area contributed by atoms with Gasteiger partial charge in [-0.3, -0.25) is 19.2 Å². The van der Waals surface area contributed by atoms with E-state index >= 15 is 0 Å². The lowest BCUT2D eigenvalue weighted by atomic mass is 9.77. The summed E-state index contributed by atoms with van der Waals surface area (Å²) in [6.45, 7) is 3.69. The van der Waals surface area contributed by atoms with E-state index in [0.717, 1.165) is 10.5 Å². The second-order valence-electron chi connectivity index (χ2n) is 9.28. The summed E-state index contributed by atoms with van der Waals surface area (Å²) < 4.78 is 6.32. The molecule has 0 aromatic heterocycles. The molecule has 35 heavy (non-hydrogen) atoms. The molecule has 7 heteroatoms. The number of carbonyl (C=O) groups excluding carboxylic acids is 4. The normalized spacial score (nSPS) is 24.4. The first-order chi connectivity index (χ1) is 16.8. The average Bonchev–Trinajstić information content (AvgIpc) is 3.42. The van der Waals surface area contributed by atoms with Crippen LogP contribution in [0.1, 0.15) is 43.5 Å². The number of Topliss-reactive ketones (excluding diaryl/α,β-unsaturated/α-hetero) is 2. The Labute approximate surface area is 206 Å². The van der Waals surface area contributed by atoms with Gasteiger partial charge in [-0.1, -0.05) is 65.7 Å². The van der Waals surface area contributed by atoms with Gasteiger partial charge in [0.1, 0.15) is 0 Å². The van der Waals surface area contributed by atoms with Crippen molar-refractivity contribution in [1.29, 1.82) is 0 Å². The second kappa shape index (κ2) is 7.44. The summed E-state index contributed by atoms with van der Waals surface area (Å²) in [6.07, 6.45) is -0.993. The topological polar surface area (TPSA) is 80.8 Å². The van der Waals surface area contributed by atoms with E-state index in [1.54, 1.807) is 73.7 Å². The SMILES string of the molecule is Cc1ccc(N2C(=O)[C@H]3[C@@H](c4cccc(Cl)c4C)OC4(C(=O)c5ccccc5C4=O)[C@@H]3C2=O)cc1. The summed E-state index contributed by atoms with van der Waals surface area (Å²) >= 11 is 6.37. The van der Waals surface area contributed by atoms with Crippen molar-refractivity contribution in [2.24, 2.45) is 11.8 Å². The molecule has 2 fully saturated rings. The van der Waals surface area contributed by atoms with Crippen molar-refractivity contribution in [2.75, 3.05) is 4.90 Å². The van der Waals surface area contributed by atoms with E-state index in [4.69, 9.17) is 16.3 Å². The van der Waals surface area contributed by atoms with E-state index < -0.39 is 46.9 Å². The van der Waals surface area contributed by atoms with E-state index in [1.807, 2.05) is 6.92 Å². The third-order valence-electron chi connectivity index (χ3n) is 7.43. The zero-order valence-corrected chi connectivity index (χ0v) is 19.7. The van der Waals surface area contributed by atoms with Gasteiger partial charge in [0.15, 0.2) is 0 Å². The quantitative estimate of drug-likeness (QED) is 0.390. The highest BCUT2D eigenvalue weighted by Crippen LogP contribution is 2.58. The third kappa shape index (κ3) is 2.75. The Morgan fingerprint density at radius 2 is 1.43 bits per heavy atom. The van der Waals surface area contributed by atoms with Gasteiger partial charge in [0.05, 0.1) is 23.6 Å². The number of fused-ring (bicyclic) bond motifs is 3. The smallest absolute Gasteiger partial charge is 0.241 e. The van der Waals surface area contributed by atoms with Gasteiger partial charge in [0.25, 0.3) is 0 Å². The Kier molecular flexibility index (Phi) is 4.66. The van der Waals surface area contributed by atoms with Gasteiger partial charge in [0, 0.05) is 16.1 Å². The van der Waals surface area contributed by atoms with Gasteiger partial charge in [-0.2, -0.15) is 0 Å². The van der Waals surface area contributed by atoms with E-state index in [1.165, 1.54) is 0 Å². The zero-order chi connectivity index (χ0) is 24.6. The monoisotopic (exact) mass is 485 g/mol. The van der Waals surface area contributed by atoms with E-state index in [9.17, 15) is 19.2 Å². The number of amides is 2. The highest BCUT2D eigenvalue weighted by molar-refractivity contribution is 6.37. The number of hydrogen-bond acceptors (Lipinski definition) is 5. The van der Waals surface area contributed by atoms with Crippen molar-refractivity contribution in [2.45, 2.75) is 25.6 Å². The number of anilines is 1. The fourth-order valence-electron chi connectivity index (χ4n) is 5.68. The van der Waals surface area contributed by atoms with Crippen LogP contribution in [0.3, 0.4) is 0 Å². The number of rotatable bonds is 2. The number of nitrogens with zero attached hydrogens (tertiary/aromatic N) is 1. The summed E-state index contributed by atoms with van der Waals surface area (Å²) in [5.74, 6) is -4.61. The molecule has 3 atom stereocenters. The van der Waals surface area contributed by atoms with Crippen LogP contribution in [-0.4, -0.2) is 29.0 Å². The number of hydrogen-bond donors (Lipinski definition) is 0. The van der Waals surface area contributed by atoms with E-state index in [0.29, 0.717) is 21.8 Å². The van der Waals surface area contributed by atoms with Gasteiger partial charge in [-0.05, 0) is 43.2 Å². The van der Waals surface area contributed by atoms with Crippen molar-refractivity contribution in [3.8, 4) is 0 Å². The van der Waals surface area contributed by atoms with Crippen molar-refractivity contribution in [3.63, 3.8) is 0 Å². The molecule has 2 heterocycles. The molecule has 2 aliphatic heterocycles. The van der Waals surface area contributed by atoms with Crippen LogP contribution in [-0.2, 0) is 14.3 Å². The van der Waals surface area contributed by atoms with Crippen LogP contribution in [0.5, 0.6) is 0 Å². The largest absolute Gasteiger partial charge is 0.349 e. The molecule has 1 aliphatic carbocycles. The molecule has 0 unspecified atom stereocenters. The standard InChI is InChI=1S/C28H20ClNO5/c1-14-10-12-16(13-11-14)30-26(33)21-22(27(30)34)28(24(31)18-6-3-4-7-19(18)25(28)32)35-23(21)17-8-5-9-20(29)15(17)2/h3-13,21-23H,1-2H3/t21-,22+,23-/m1/s1. The molecule has 2 amide bonds. The minimum absolute atomic E-state index is 0.203. The third-order valence-corrected chi connectivity index (χ3v) is 7.84. The number of ether oxygens (including phenoxy) is 1. The average molecular weight is 486 g/mol. The molecular weight excluding hydrogens is 466 g/mol. The summed E-state index contributed by atoms with van der Waals surface area (Å²) in [6, 6.07) is 18.6. The maximum absolute atomic E-state index is 13.9. The fraction of sp³-hybridized carbons (Fsp3) is 0.214. The first kappa shape index (κ1) is 21.9. The Balaban J connectivity index is 1.57. The second-order valence-corrected chi connectivity index (χ2v) is 9.69. The first-order valence-electron chi connectivity index (χ1n) is 11.3. The number of benzene rings is 3. The molecule has 6 nitrogen and oxygen atoms in total. The maximum Gasteiger partial charge on any atom is 0.241 e. The van der Waals surface area contributed by atoms with Crippen LogP contribution < -0.4 is 4.90 Å². The Morgan fingerprint density at radius 3 is 2.06 bits per heavy atom. The van der Waals surface area contributed by atoms with Crippen LogP contribution in [0, 0.1) is 25.7 Å². The van der Waals surface area contributed by atoms with Gasteiger partial charge >= 0.3 is 0 Å². The lowest BCUT2D eigenvalue weighted by molar-refractivity contribution is -0.127. The van der Waals surface area contributed by atoms with Crippen molar-refractivity contribution >= 4 is 40.7 Å². The van der Waals surface area contributed by atoms with Gasteiger partial charge in [-0.25, -0.2) is 4.90 Å². The molecule has 174 valence electrons. The van der Waals surface area contributed by atoms with E-state index in [2.05, 4.69) is 0 Å². The van der Waals surface area contributed by atoms with Gasteiger partial charge in [-0.15, -0.1) is 0 Å². The molecule has 0 N–H and O–H groups in total.